The molecule has 0 saturated carbocycles. The second-order valence-electron chi connectivity index (χ2n) is 4.03. The molecule has 2 rings (SSSR count). The van der Waals surface area contributed by atoms with Crippen molar-refractivity contribution in [3.63, 3.8) is 0 Å². The van der Waals surface area contributed by atoms with Crippen molar-refractivity contribution in [3.05, 3.63) is 23.8 Å². The molecule has 1 aromatic carbocycles. The van der Waals surface area contributed by atoms with E-state index in [1.165, 1.54) is 0 Å². The molecule has 88 valence electrons. The van der Waals surface area contributed by atoms with E-state index in [-0.39, 0.29) is 17.5 Å². The summed E-state index contributed by atoms with van der Waals surface area (Å²) < 4.78 is 5.28. The minimum Gasteiger partial charge on any atom is -0.507 e. The maximum atomic E-state index is 9.77. The van der Waals surface area contributed by atoms with E-state index in [1.54, 1.807) is 18.2 Å². The van der Waals surface area contributed by atoms with Gasteiger partial charge in [0.15, 0.2) is 0 Å². The van der Waals surface area contributed by atoms with Crippen LogP contribution >= 0.6 is 0 Å². The molecule has 16 heavy (non-hydrogen) atoms. The number of phenolic OH excluding ortho intramolecular Hbond substituents is 2. The molecule has 1 atom stereocenters. The lowest BCUT2D eigenvalue weighted by Gasteiger charge is -2.32. The van der Waals surface area contributed by atoms with Crippen LogP contribution in [0.5, 0.6) is 11.5 Å². The molecule has 1 heterocycles. The van der Waals surface area contributed by atoms with Gasteiger partial charge in [-0.05, 0) is 19.1 Å². The van der Waals surface area contributed by atoms with Crippen LogP contribution in [0.3, 0.4) is 0 Å². The number of ether oxygens (including phenoxy) is 1. The first-order chi connectivity index (χ1) is 7.70. The Hall–Kier alpha value is -1.26. The van der Waals surface area contributed by atoms with Crippen molar-refractivity contribution in [2.75, 3.05) is 26.3 Å². The highest BCUT2D eigenvalue weighted by Crippen LogP contribution is 2.35. The summed E-state index contributed by atoms with van der Waals surface area (Å²) in [4.78, 5) is 2.19. The molecule has 0 spiro atoms. The highest BCUT2D eigenvalue weighted by Gasteiger charge is 2.23. The normalized spacial score (nSPS) is 19.6. The van der Waals surface area contributed by atoms with E-state index < -0.39 is 0 Å². The molecule has 1 saturated heterocycles. The maximum Gasteiger partial charge on any atom is 0.124 e. The second-order valence-corrected chi connectivity index (χ2v) is 4.03. The summed E-state index contributed by atoms with van der Waals surface area (Å²) in [6, 6.07) is 4.85. The van der Waals surface area contributed by atoms with Crippen LogP contribution in [0.2, 0.25) is 0 Å². The molecule has 1 unspecified atom stereocenters. The predicted molar refractivity (Wildman–Crippen MR) is 60.6 cm³/mol. The number of rotatable bonds is 2. The Bertz CT molecular complexity index is 341. The summed E-state index contributed by atoms with van der Waals surface area (Å²) in [7, 11) is 0. The van der Waals surface area contributed by atoms with Crippen molar-refractivity contribution in [2.45, 2.75) is 13.0 Å². The van der Waals surface area contributed by atoms with Gasteiger partial charge in [0.05, 0.1) is 18.8 Å². The fourth-order valence-corrected chi connectivity index (χ4v) is 2.12. The lowest BCUT2D eigenvalue weighted by Crippen LogP contribution is -2.38. The second kappa shape index (κ2) is 4.72. The van der Waals surface area contributed by atoms with Crippen molar-refractivity contribution in [1.82, 2.24) is 4.90 Å². The van der Waals surface area contributed by atoms with Crippen molar-refractivity contribution < 1.29 is 14.9 Å². The van der Waals surface area contributed by atoms with Crippen LogP contribution in [0.25, 0.3) is 0 Å². The van der Waals surface area contributed by atoms with E-state index in [4.69, 9.17) is 4.74 Å². The highest BCUT2D eigenvalue weighted by molar-refractivity contribution is 5.44. The summed E-state index contributed by atoms with van der Waals surface area (Å²) >= 11 is 0. The molecule has 2 N–H and O–H groups in total. The number of benzene rings is 1. The van der Waals surface area contributed by atoms with Crippen LogP contribution in [0, 0.1) is 0 Å². The molecular formula is C12H17NO3. The van der Waals surface area contributed by atoms with Crippen LogP contribution < -0.4 is 0 Å². The van der Waals surface area contributed by atoms with E-state index in [0.717, 1.165) is 13.1 Å². The first kappa shape index (κ1) is 11.2. The van der Waals surface area contributed by atoms with Gasteiger partial charge >= 0.3 is 0 Å². The van der Waals surface area contributed by atoms with E-state index in [9.17, 15) is 10.2 Å². The van der Waals surface area contributed by atoms with Crippen LogP contribution in [-0.2, 0) is 4.74 Å². The summed E-state index contributed by atoms with van der Waals surface area (Å²) in [6.45, 7) is 5.06. The number of hydrogen-bond donors (Lipinski definition) is 2. The minimum absolute atomic E-state index is 0.00472. The third-order valence-corrected chi connectivity index (χ3v) is 3.07. The zero-order valence-electron chi connectivity index (χ0n) is 9.39. The Labute approximate surface area is 95.1 Å². The van der Waals surface area contributed by atoms with Crippen LogP contribution in [-0.4, -0.2) is 41.4 Å². The minimum atomic E-state index is 0.00472. The van der Waals surface area contributed by atoms with Gasteiger partial charge < -0.3 is 14.9 Å². The molecule has 0 amide bonds. The maximum absolute atomic E-state index is 9.77. The first-order valence-electron chi connectivity index (χ1n) is 5.53. The zero-order chi connectivity index (χ0) is 11.5. The molecule has 4 nitrogen and oxygen atoms in total. The lowest BCUT2D eigenvalue weighted by atomic mass is 10.0. The summed E-state index contributed by atoms with van der Waals surface area (Å²) in [5, 5.41) is 19.5. The van der Waals surface area contributed by atoms with Gasteiger partial charge in [0.1, 0.15) is 11.5 Å². The molecule has 0 radical (unpaired) electrons. The predicted octanol–water partition coefficient (Wildman–Crippen LogP) is 1.49. The van der Waals surface area contributed by atoms with Gasteiger partial charge in [0.2, 0.25) is 0 Å². The van der Waals surface area contributed by atoms with E-state index in [1.807, 2.05) is 6.92 Å². The Morgan fingerprint density at radius 1 is 1.19 bits per heavy atom. The molecule has 1 aromatic rings. The highest BCUT2D eigenvalue weighted by atomic mass is 16.5. The third kappa shape index (κ3) is 2.13. The SMILES string of the molecule is CC(c1c(O)cccc1O)N1CCOCC1. The Kier molecular flexibility index (Phi) is 3.31. The summed E-state index contributed by atoms with van der Waals surface area (Å²) in [5.41, 5.74) is 0.601. The molecule has 0 aliphatic carbocycles. The van der Waals surface area contributed by atoms with E-state index in [0.29, 0.717) is 18.8 Å². The van der Waals surface area contributed by atoms with Crippen LogP contribution in [0.4, 0.5) is 0 Å². The molecule has 0 aromatic heterocycles. The fourth-order valence-electron chi connectivity index (χ4n) is 2.12. The van der Waals surface area contributed by atoms with Gasteiger partial charge in [-0.25, -0.2) is 0 Å². The fraction of sp³-hybridized carbons (Fsp3) is 0.500. The number of hydrogen-bond acceptors (Lipinski definition) is 4. The average Bonchev–Trinajstić information content (AvgIpc) is 2.30. The van der Waals surface area contributed by atoms with Gasteiger partial charge in [-0.2, -0.15) is 0 Å². The topological polar surface area (TPSA) is 52.9 Å². The number of nitrogens with zero attached hydrogens (tertiary/aromatic N) is 1. The summed E-state index contributed by atoms with van der Waals surface area (Å²) in [6.07, 6.45) is 0. The van der Waals surface area contributed by atoms with Crippen molar-refractivity contribution >= 4 is 0 Å². The Balaban J connectivity index is 2.22. The molecule has 1 aliphatic heterocycles. The molecular weight excluding hydrogens is 206 g/mol. The largest absolute Gasteiger partial charge is 0.507 e. The van der Waals surface area contributed by atoms with Crippen LogP contribution in [0.15, 0.2) is 18.2 Å². The molecule has 4 heteroatoms. The third-order valence-electron chi connectivity index (χ3n) is 3.07. The van der Waals surface area contributed by atoms with E-state index in [2.05, 4.69) is 4.90 Å². The van der Waals surface area contributed by atoms with Crippen molar-refractivity contribution in [3.8, 4) is 11.5 Å². The van der Waals surface area contributed by atoms with Gasteiger partial charge in [0, 0.05) is 19.1 Å². The van der Waals surface area contributed by atoms with Gasteiger partial charge in [-0.3, -0.25) is 4.90 Å². The summed E-state index contributed by atoms with van der Waals surface area (Å²) in [5.74, 6) is 0.304. The zero-order valence-corrected chi connectivity index (χ0v) is 9.39. The smallest absolute Gasteiger partial charge is 0.124 e. The van der Waals surface area contributed by atoms with Crippen molar-refractivity contribution in [1.29, 1.82) is 0 Å². The van der Waals surface area contributed by atoms with Gasteiger partial charge in [-0.15, -0.1) is 0 Å². The quantitative estimate of drug-likeness (QED) is 0.797. The number of phenols is 2. The van der Waals surface area contributed by atoms with Gasteiger partial charge in [-0.1, -0.05) is 6.07 Å². The average molecular weight is 223 g/mol. The molecule has 1 aliphatic rings. The standard InChI is InChI=1S/C12H17NO3/c1-9(13-5-7-16-8-6-13)12-10(14)3-2-4-11(12)15/h2-4,9,14-15H,5-8H2,1H3. The monoisotopic (exact) mass is 223 g/mol. The lowest BCUT2D eigenvalue weighted by molar-refractivity contribution is 0.0190. The number of aromatic hydroxyl groups is 2. The van der Waals surface area contributed by atoms with Crippen molar-refractivity contribution in [2.24, 2.45) is 0 Å². The Morgan fingerprint density at radius 2 is 1.75 bits per heavy atom. The van der Waals surface area contributed by atoms with Crippen LogP contribution in [0.1, 0.15) is 18.5 Å². The first-order valence-corrected chi connectivity index (χ1v) is 5.53. The molecule has 0 bridgehead atoms. The van der Waals surface area contributed by atoms with E-state index >= 15 is 0 Å². The Morgan fingerprint density at radius 3 is 2.31 bits per heavy atom. The number of morpholine rings is 1. The molecule has 1 fully saturated rings. The van der Waals surface area contributed by atoms with Gasteiger partial charge in [0.25, 0.3) is 0 Å².